The zero-order valence-corrected chi connectivity index (χ0v) is 10.6. The molecule has 0 bridgehead atoms. The van der Waals surface area contributed by atoms with Gasteiger partial charge in [0.05, 0.1) is 23.2 Å². The number of hydrogen-bond acceptors (Lipinski definition) is 2. The van der Waals surface area contributed by atoms with Crippen molar-refractivity contribution in [3.05, 3.63) is 59.6 Å². The van der Waals surface area contributed by atoms with Crippen molar-refractivity contribution in [1.82, 2.24) is 9.78 Å². The first-order chi connectivity index (χ1) is 8.74. The molecule has 3 nitrogen and oxygen atoms in total. The standard InChI is InChI=1S/C14H11ClN2O/c1-10-8-16-17(9-10)13-5-4-11(7-12(13)15)14-3-2-6-18-14/h2-9H,1H3. The minimum Gasteiger partial charge on any atom is -0.464 e. The van der Waals surface area contributed by atoms with Crippen molar-refractivity contribution in [2.24, 2.45) is 0 Å². The summed E-state index contributed by atoms with van der Waals surface area (Å²) in [5, 5.41) is 4.89. The summed E-state index contributed by atoms with van der Waals surface area (Å²) in [7, 11) is 0. The molecular formula is C14H11ClN2O. The summed E-state index contributed by atoms with van der Waals surface area (Å²) in [6.45, 7) is 1.99. The van der Waals surface area contributed by atoms with Crippen molar-refractivity contribution < 1.29 is 4.42 Å². The fourth-order valence-electron chi connectivity index (χ4n) is 1.83. The highest BCUT2D eigenvalue weighted by Gasteiger charge is 2.07. The summed E-state index contributed by atoms with van der Waals surface area (Å²) < 4.78 is 7.11. The van der Waals surface area contributed by atoms with Gasteiger partial charge in [-0.2, -0.15) is 5.10 Å². The Morgan fingerprint density at radius 2 is 2.17 bits per heavy atom. The summed E-state index contributed by atoms with van der Waals surface area (Å²) in [4.78, 5) is 0. The topological polar surface area (TPSA) is 31.0 Å². The van der Waals surface area contributed by atoms with Gasteiger partial charge in [0.15, 0.2) is 0 Å². The second-order valence-corrected chi connectivity index (χ2v) is 4.51. The van der Waals surface area contributed by atoms with Crippen molar-refractivity contribution in [3.8, 4) is 17.0 Å². The molecule has 0 spiro atoms. The van der Waals surface area contributed by atoms with E-state index >= 15 is 0 Å². The average molecular weight is 259 g/mol. The normalized spacial score (nSPS) is 10.8. The molecule has 90 valence electrons. The van der Waals surface area contributed by atoms with Gasteiger partial charge in [-0.1, -0.05) is 11.6 Å². The Hall–Kier alpha value is -2.00. The molecule has 3 rings (SSSR count). The summed E-state index contributed by atoms with van der Waals surface area (Å²) >= 11 is 6.29. The van der Waals surface area contributed by atoms with E-state index in [2.05, 4.69) is 5.10 Å². The van der Waals surface area contributed by atoms with Crippen LogP contribution in [0, 0.1) is 6.92 Å². The lowest BCUT2D eigenvalue weighted by Crippen LogP contribution is -1.95. The fraction of sp³-hybridized carbons (Fsp3) is 0.0714. The van der Waals surface area contributed by atoms with Gasteiger partial charge in [0.2, 0.25) is 0 Å². The number of halogens is 1. The third-order valence-corrected chi connectivity index (χ3v) is 3.01. The zero-order valence-electron chi connectivity index (χ0n) is 9.80. The minimum absolute atomic E-state index is 0.645. The average Bonchev–Trinajstić information content (AvgIpc) is 2.99. The van der Waals surface area contributed by atoms with Gasteiger partial charge in [0.25, 0.3) is 0 Å². The van der Waals surface area contributed by atoms with Crippen LogP contribution in [0.1, 0.15) is 5.56 Å². The van der Waals surface area contributed by atoms with E-state index in [0.717, 1.165) is 22.6 Å². The second-order valence-electron chi connectivity index (χ2n) is 4.11. The molecule has 0 amide bonds. The predicted octanol–water partition coefficient (Wildman–Crippen LogP) is 4.09. The molecule has 1 aromatic carbocycles. The Morgan fingerprint density at radius 3 is 2.78 bits per heavy atom. The lowest BCUT2D eigenvalue weighted by molar-refractivity contribution is 0.582. The summed E-state index contributed by atoms with van der Waals surface area (Å²) in [5.41, 5.74) is 2.92. The predicted molar refractivity (Wildman–Crippen MR) is 71.0 cm³/mol. The van der Waals surface area contributed by atoms with Gasteiger partial charge in [-0.05, 0) is 42.8 Å². The van der Waals surface area contributed by atoms with Crippen LogP contribution >= 0.6 is 11.6 Å². The number of aryl methyl sites for hydroxylation is 1. The quantitative estimate of drug-likeness (QED) is 0.693. The van der Waals surface area contributed by atoms with Crippen LogP contribution in [0.25, 0.3) is 17.0 Å². The number of furan rings is 1. The molecule has 0 fully saturated rings. The zero-order chi connectivity index (χ0) is 12.5. The van der Waals surface area contributed by atoms with Crippen LogP contribution in [0.3, 0.4) is 0 Å². The monoisotopic (exact) mass is 258 g/mol. The highest BCUT2D eigenvalue weighted by atomic mass is 35.5. The fourth-order valence-corrected chi connectivity index (χ4v) is 2.10. The lowest BCUT2D eigenvalue weighted by Gasteiger charge is -2.05. The van der Waals surface area contributed by atoms with Crippen LogP contribution in [-0.4, -0.2) is 9.78 Å². The van der Waals surface area contributed by atoms with Gasteiger partial charge in [-0.25, -0.2) is 4.68 Å². The Bertz CT molecular complexity index is 671. The third-order valence-electron chi connectivity index (χ3n) is 2.71. The summed E-state index contributed by atoms with van der Waals surface area (Å²) in [5.74, 6) is 0.806. The number of benzene rings is 1. The van der Waals surface area contributed by atoms with E-state index in [9.17, 15) is 0 Å². The van der Waals surface area contributed by atoms with E-state index in [1.54, 1.807) is 17.1 Å². The molecule has 0 aliphatic rings. The molecule has 0 radical (unpaired) electrons. The maximum atomic E-state index is 6.29. The van der Waals surface area contributed by atoms with Crippen molar-refractivity contribution in [2.75, 3.05) is 0 Å². The largest absolute Gasteiger partial charge is 0.464 e. The van der Waals surface area contributed by atoms with Crippen LogP contribution in [0.15, 0.2) is 53.4 Å². The summed E-state index contributed by atoms with van der Waals surface area (Å²) in [6.07, 6.45) is 5.39. The number of hydrogen-bond donors (Lipinski definition) is 0. The van der Waals surface area contributed by atoms with Gasteiger partial charge in [-0.3, -0.25) is 0 Å². The number of rotatable bonds is 2. The smallest absolute Gasteiger partial charge is 0.133 e. The Balaban J connectivity index is 2.04. The molecule has 0 saturated carbocycles. The van der Waals surface area contributed by atoms with Crippen molar-refractivity contribution >= 4 is 11.6 Å². The minimum atomic E-state index is 0.645. The molecule has 0 atom stereocenters. The third kappa shape index (κ3) is 1.93. The molecule has 4 heteroatoms. The molecule has 3 aromatic rings. The van der Waals surface area contributed by atoms with Gasteiger partial charge in [-0.15, -0.1) is 0 Å². The van der Waals surface area contributed by atoms with Gasteiger partial charge in [0.1, 0.15) is 5.76 Å². The lowest BCUT2D eigenvalue weighted by atomic mass is 10.1. The van der Waals surface area contributed by atoms with Crippen LogP contribution in [-0.2, 0) is 0 Å². The summed E-state index contributed by atoms with van der Waals surface area (Å²) in [6, 6.07) is 9.55. The highest BCUT2D eigenvalue weighted by Crippen LogP contribution is 2.27. The molecule has 2 heterocycles. The molecule has 0 aliphatic carbocycles. The van der Waals surface area contributed by atoms with Crippen LogP contribution in [0.4, 0.5) is 0 Å². The van der Waals surface area contributed by atoms with Crippen molar-refractivity contribution in [3.63, 3.8) is 0 Å². The van der Waals surface area contributed by atoms with E-state index in [1.165, 1.54) is 0 Å². The van der Waals surface area contributed by atoms with Crippen LogP contribution < -0.4 is 0 Å². The first-order valence-electron chi connectivity index (χ1n) is 5.59. The van der Waals surface area contributed by atoms with Crippen LogP contribution in [0.2, 0.25) is 5.02 Å². The number of aromatic nitrogens is 2. The van der Waals surface area contributed by atoms with E-state index in [4.69, 9.17) is 16.0 Å². The maximum absolute atomic E-state index is 6.29. The molecule has 0 N–H and O–H groups in total. The Morgan fingerprint density at radius 1 is 1.28 bits per heavy atom. The van der Waals surface area contributed by atoms with E-state index in [1.807, 2.05) is 43.5 Å². The molecule has 2 aromatic heterocycles. The molecule has 0 saturated heterocycles. The van der Waals surface area contributed by atoms with E-state index < -0.39 is 0 Å². The second kappa shape index (κ2) is 4.35. The molecule has 0 aliphatic heterocycles. The first-order valence-corrected chi connectivity index (χ1v) is 5.97. The van der Waals surface area contributed by atoms with Crippen molar-refractivity contribution in [1.29, 1.82) is 0 Å². The van der Waals surface area contributed by atoms with Gasteiger partial charge in [0, 0.05) is 11.8 Å². The molecule has 0 unspecified atom stereocenters. The Labute approximate surface area is 110 Å². The van der Waals surface area contributed by atoms with Crippen LogP contribution in [0.5, 0.6) is 0 Å². The molecular weight excluding hydrogens is 248 g/mol. The van der Waals surface area contributed by atoms with E-state index in [-0.39, 0.29) is 0 Å². The van der Waals surface area contributed by atoms with E-state index in [0.29, 0.717) is 5.02 Å². The first kappa shape index (κ1) is 11.1. The maximum Gasteiger partial charge on any atom is 0.133 e. The van der Waals surface area contributed by atoms with Crippen molar-refractivity contribution in [2.45, 2.75) is 6.92 Å². The van der Waals surface area contributed by atoms with Gasteiger partial charge >= 0.3 is 0 Å². The molecule has 18 heavy (non-hydrogen) atoms. The Kier molecular flexibility index (Phi) is 2.68. The highest BCUT2D eigenvalue weighted by molar-refractivity contribution is 6.32. The number of nitrogens with zero attached hydrogens (tertiary/aromatic N) is 2. The van der Waals surface area contributed by atoms with Gasteiger partial charge < -0.3 is 4.42 Å². The SMILES string of the molecule is Cc1cnn(-c2ccc(-c3ccco3)cc2Cl)c1.